The molecule has 0 aliphatic heterocycles. The summed E-state index contributed by atoms with van der Waals surface area (Å²) in [5, 5.41) is 0. The zero-order valence-corrected chi connectivity index (χ0v) is 11.1. The number of methoxy groups -OCH3 is 2. The van der Waals surface area contributed by atoms with Crippen LogP contribution in [0.4, 0.5) is 0 Å². The van der Waals surface area contributed by atoms with E-state index < -0.39 is 12.0 Å². The largest absolute Gasteiger partial charge is 0.496 e. The lowest BCUT2D eigenvalue weighted by molar-refractivity contribution is -0.144. The smallest absolute Gasteiger partial charge is 0.327 e. The molecule has 1 atom stereocenters. The van der Waals surface area contributed by atoms with Crippen molar-refractivity contribution in [3.8, 4) is 11.5 Å². The van der Waals surface area contributed by atoms with Crippen LogP contribution in [0.2, 0.25) is 0 Å². The molecule has 0 spiro atoms. The van der Waals surface area contributed by atoms with E-state index in [0.29, 0.717) is 17.1 Å². The normalized spacial score (nSPS) is 11.8. The third kappa shape index (κ3) is 2.92. The monoisotopic (exact) mass is 253 g/mol. The highest BCUT2D eigenvalue weighted by Crippen LogP contribution is 2.32. The van der Waals surface area contributed by atoms with Gasteiger partial charge in [0.1, 0.15) is 17.5 Å². The Balaban J connectivity index is 3.16. The van der Waals surface area contributed by atoms with E-state index >= 15 is 0 Å². The van der Waals surface area contributed by atoms with Crippen molar-refractivity contribution in [1.29, 1.82) is 0 Å². The standard InChI is InChI=1S/C13H19NO4/c1-5-18-13(15)12(14)9-7-10(16-3)8(2)6-11(9)17-4/h6-7,12H,5,14H2,1-4H3. The van der Waals surface area contributed by atoms with Crippen LogP contribution in [0.3, 0.4) is 0 Å². The molecule has 0 fully saturated rings. The zero-order chi connectivity index (χ0) is 13.7. The van der Waals surface area contributed by atoms with Gasteiger partial charge < -0.3 is 19.9 Å². The number of esters is 1. The number of carbonyl (C=O) groups excluding carboxylic acids is 1. The second kappa shape index (κ2) is 6.26. The Bertz CT molecular complexity index is 431. The molecule has 5 nitrogen and oxygen atoms in total. The van der Waals surface area contributed by atoms with Gasteiger partial charge in [0.25, 0.3) is 0 Å². The molecule has 100 valence electrons. The average Bonchev–Trinajstić information content (AvgIpc) is 2.37. The summed E-state index contributed by atoms with van der Waals surface area (Å²) in [6.07, 6.45) is 0. The first-order valence-electron chi connectivity index (χ1n) is 5.69. The molecule has 0 amide bonds. The molecule has 0 aromatic heterocycles. The lowest BCUT2D eigenvalue weighted by atomic mass is 10.0. The molecule has 1 rings (SSSR count). The summed E-state index contributed by atoms with van der Waals surface area (Å²) in [7, 11) is 3.09. The van der Waals surface area contributed by atoms with Crippen molar-refractivity contribution in [3.05, 3.63) is 23.3 Å². The Morgan fingerprint density at radius 2 is 1.89 bits per heavy atom. The highest BCUT2D eigenvalue weighted by Gasteiger charge is 2.22. The molecule has 1 unspecified atom stereocenters. The molecule has 0 bridgehead atoms. The van der Waals surface area contributed by atoms with Gasteiger partial charge in [-0.1, -0.05) is 0 Å². The Labute approximate surface area is 107 Å². The number of ether oxygens (including phenoxy) is 3. The molecule has 0 saturated carbocycles. The fourth-order valence-corrected chi connectivity index (χ4v) is 1.68. The summed E-state index contributed by atoms with van der Waals surface area (Å²) in [4.78, 5) is 11.7. The first kappa shape index (κ1) is 14.3. The van der Waals surface area contributed by atoms with Crippen molar-refractivity contribution in [1.82, 2.24) is 0 Å². The van der Waals surface area contributed by atoms with Crippen molar-refractivity contribution in [2.24, 2.45) is 5.73 Å². The number of rotatable bonds is 5. The molecule has 2 N–H and O–H groups in total. The van der Waals surface area contributed by atoms with Crippen LogP contribution in [0, 0.1) is 6.92 Å². The van der Waals surface area contributed by atoms with Gasteiger partial charge in [-0.2, -0.15) is 0 Å². The molecule has 5 heteroatoms. The van der Waals surface area contributed by atoms with E-state index in [-0.39, 0.29) is 6.61 Å². The minimum Gasteiger partial charge on any atom is -0.496 e. The van der Waals surface area contributed by atoms with Gasteiger partial charge in [0, 0.05) is 5.56 Å². The summed E-state index contributed by atoms with van der Waals surface area (Å²) in [6, 6.07) is 2.61. The van der Waals surface area contributed by atoms with Crippen molar-refractivity contribution in [2.75, 3.05) is 20.8 Å². The van der Waals surface area contributed by atoms with Crippen LogP contribution in [-0.4, -0.2) is 26.8 Å². The van der Waals surface area contributed by atoms with Crippen LogP contribution in [0.15, 0.2) is 12.1 Å². The number of benzene rings is 1. The highest BCUT2D eigenvalue weighted by molar-refractivity contribution is 5.78. The molecule has 18 heavy (non-hydrogen) atoms. The second-order valence-electron chi connectivity index (χ2n) is 3.79. The summed E-state index contributed by atoms with van der Waals surface area (Å²) >= 11 is 0. The minimum atomic E-state index is -0.880. The number of carbonyl (C=O) groups is 1. The van der Waals surface area contributed by atoms with Crippen molar-refractivity contribution in [2.45, 2.75) is 19.9 Å². The van der Waals surface area contributed by atoms with Crippen molar-refractivity contribution in [3.63, 3.8) is 0 Å². The van der Waals surface area contributed by atoms with Crippen molar-refractivity contribution >= 4 is 5.97 Å². The fraction of sp³-hybridized carbons (Fsp3) is 0.462. The van der Waals surface area contributed by atoms with E-state index in [0.717, 1.165) is 5.56 Å². The van der Waals surface area contributed by atoms with Crippen LogP contribution < -0.4 is 15.2 Å². The van der Waals surface area contributed by atoms with Gasteiger partial charge in [-0.3, -0.25) is 0 Å². The van der Waals surface area contributed by atoms with Gasteiger partial charge in [-0.15, -0.1) is 0 Å². The number of hydrogen-bond donors (Lipinski definition) is 1. The quantitative estimate of drug-likeness (QED) is 0.807. The van der Waals surface area contributed by atoms with Gasteiger partial charge in [0.15, 0.2) is 0 Å². The Kier molecular flexibility index (Phi) is 4.97. The molecule has 1 aromatic rings. The third-order valence-corrected chi connectivity index (χ3v) is 2.62. The number of hydrogen-bond acceptors (Lipinski definition) is 5. The minimum absolute atomic E-state index is 0.290. The average molecular weight is 253 g/mol. The molecule has 1 aromatic carbocycles. The van der Waals surface area contributed by atoms with Crippen LogP contribution in [0.25, 0.3) is 0 Å². The number of aryl methyl sites for hydroxylation is 1. The second-order valence-corrected chi connectivity index (χ2v) is 3.79. The van der Waals surface area contributed by atoms with Gasteiger partial charge in [-0.05, 0) is 31.5 Å². The van der Waals surface area contributed by atoms with Gasteiger partial charge in [0.2, 0.25) is 0 Å². The summed E-state index contributed by atoms with van der Waals surface area (Å²) < 4.78 is 15.3. The SMILES string of the molecule is CCOC(=O)C(N)c1cc(OC)c(C)cc1OC. The molecule has 0 heterocycles. The van der Waals surface area contributed by atoms with E-state index in [4.69, 9.17) is 19.9 Å². The molecule has 0 saturated heterocycles. The van der Waals surface area contributed by atoms with Gasteiger partial charge >= 0.3 is 5.97 Å². The maximum absolute atomic E-state index is 11.7. The number of nitrogens with two attached hydrogens (primary N) is 1. The predicted molar refractivity (Wildman–Crippen MR) is 67.8 cm³/mol. The van der Waals surface area contributed by atoms with E-state index in [9.17, 15) is 4.79 Å². The third-order valence-electron chi connectivity index (χ3n) is 2.62. The van der Waals surface area contributed by atoms with Crippen molar-refractivity contribution < 1.29 is 19.0 Å². The van der Waals surface area contributed by atoms with E-state index in [1.54, 1.807) is 26.2 Å². The molecular formula is C13H19NO4. The molecule has 0 radical (unpaired) electrons. The van der Waals surface area contributed by atoms with Gasteiger partial charge in [0.05, 0.1) is 20.8 Å². The summed E-state index contributed by atoms with van der Waals surface area (Å²) in [6.45, 7) is 3.91. The Hall–Kier alpha value is -1.75. The molecule has 0 aliphatic carbocycles. The van der Waals surface area contributed by atoms with E-state index in [1.807, 2.05) is 6.92 Å². The highest BCUT2D eigenvalue weighted by atomic mass is 16.5. The van der Waals surface area contributed by atoms with Crippen LogP contribution >= 0.6 is 0 Å². The first-order chi connectivity index (χ1) is 8.54. The van der Waals surface area contributed by atoms with Crippen LogP contribution in [-0.2, 0) is 9.53 Å². The molecular weight excluding hydrogens is 234 g/mol. The summed E-state index contributed by atoms with van der Waals surface area (Å²) in [5.41, 5.74) is 7.33. The van der Waals surface area contributed by atoms with Crippen LogP contribution in [0.5, 0.6) is 11.5 Å². The molecule has 0 aliphatic rings. The van der Waals surface area contributed by atoms with E-state index in [2.05, 4.69) is 0 Å². The zero-order valence-electron chi connectivity index (χ0n) is 11.1. The lowest BCUT2D eigenvalue weighted by Gasteiger charge is -2.17. The van der Waals surface area contributed by atoms with E-state index in [1.165, 1.54) is 7.11 Å². The van der Waals surface area contributed by atoms with Gasteiger partial charge in [-0.25, -0.2) is 4.79 Å². The topological polar surface area (TPSA) is 70.8 Å². The van der Waals surface area contributed by atoms with Crippen LogP contribution in [0.1, 0.15) is 24.1 Å². The maximum atomic E-state index is 11.7. The maximum Gasteiger partial charge on any atom is 0.327 e. The summed E-state index contributed by atoms with van der Waals surface area (Å²) in [5.74, 6) is 0.723. The predicted octanol–water partition coefficient (Wildman–Crippen LogP) is 1.58. The first-order valence-corrected chi connectivity index (χ1v) is 5.69. The lowest BCUT2D eigenvalue weighted by Crippen LogP contribution is -2.24. The Morgan fingerprint density at radius 3 is 2.39 bits per heavy atom. The fourth-order valence-electron chi connectivity index (χ4n) is 1.68. The Morgan fingerprint density at radius 1 is 1.28 bits per heavy atom.